The normalized spacial score (nSPS) is 19.3. The van der Waals surface area contributed by atoms with E-state index in [2.05, 4.69) is 29.5 Å². The maximum Gasteiger partial charge on any atom is 0.261 e. The van der Waals surface area contributed by atoms with Crippen LogP contribution in [0.3, 0.4) is 0 Å². The Morgan fingerprint density at radius 1 is 1.44 bits per heavy atom. The Morgan fingerprint density at radius 3 is 2.83 bits per heavy atom. The van der Waals surface area contributed by atoms with Gasteiger partial charge in [0.1, 0.15) is 0 Å². The van der Waals surface area contributed by atoms with Crippen molar-refractivity contribution in [2.24, 2.45) is 5.92 Å². The molecule has 0 radical (unpaired) electrons. The summed E-state index contributed by atoms with van der Waals surface area (Å²) < 4.78 is 0.895. The molecule has 0 aromatic heterocycles. The predicted molar refractivity (Wildman–Crippen MR) is 78.2 cm³/mol. The molecule has 0 saturated carbocycles. The monoisotopic (exact) mass is 357 g/mol. The highest BCUT2D eigenvalue weighted by Gasteiger charge is 2.34. The number of carbonyl (C=O) groups excluding carboxylic acids is 2. The second-order valence-corrected chi connectivity index (χ2v) is 5.81. The van der Waals surface area contributed by atoms with Crippen molar-refractivity contribution in [1.29, 1.82) is 0 Å². The third-order valence-electron chi connectivity index (χ3n) is 3.25. The number of imide groups is 1. The molecule has 1 aliphatic rings. The molecule has 1 aliphatic heterocycles. The second-order valence-electron chi connectivity index (χ2n) is 4.65. The molecular formula is C14H16INO2. The largest absolute Gasteiger partial charge is 0.278 e. The maximum atomic E-state index is 12.3. The van der Waals surface area contributed by atoms with Crippen LogP contribution in [0.1, 0.15) is 36.5 Å². The molecule has 1 heterocycles. The van der Waals surface area contributed by atoms with Crippen molar-refractivity contribution >= 4 is 34.4 Å². The van der Waals surface area contributed by atoms with Crippen LogP contribution in [0.5, 0.6) is 0 Å². The number of hydrogen-bond acceptors (Lipinski definition) is 2. The van der Waals surface area contributed by atoms with Crippen molar-refractivity contribution in [3.63, 3.8) is 0 Å². The van der Waals surface area contributed by atoms with Crippen LogP contribution in [0.15, 0.2) is 24.3 Å². The highest BCUT2D eigenvalue weighted by atomic mass is 127. The van der Waals surface area contributed by atoms with Crippen LogP contribution in [-0.2, 0) is 4.79 Å². The summed E-state index contributed by atoms with van der Waals surface area (Å²) in [6, 6.07) is 7.39. The standard InChI is InChI=1S/C14H16INO2/c1-2-5-10-8-13(17)16(9-10)14(18)11-6-3-4-7-12(11)15/h3-4,6-7,10H,2,5,8-9H2,1H3. The molecule has 0 N–H and O–H groups in total. The van der Waals surface area contributed by atoms with Crippen LogP contribution in [0.2, 0.25) is 0 Å². The van der Waals surface area contributed by atoms with Gasteiger partial charge in [0.2, 0.25) is 5.91 Å². The summed E-state index contributed by atoms with van der Waals surface area (Å²) in [4.78, 5) is 25.6. The van der Waals surface area contributed by atoms with E-state index in [0.29, 0.717) is 24.4 Å². The Balaban J connectivity index is 2.15. The summed E-state index contributed by atoms with van der Waals surface area (Å²) >= 11 is 2.13. The molecule has 1 atom stereocenters. The fraction of sp³-hybridized carbons (Fsp3) is 0.429. The topological polar surface area (TPSA) is 37.4 Å². The van der Waals surface area contributed by atoms with Crippen molar-refractivity contribution in [3.8, 4) is 0 Å². The van der Waals surface area contributed by atoms with Gasteiger partial charge >= 0.3 is 0 Å². The zero-order valence-electron chi connectivity index (χ0n) is 10.4. The second kappa shape index (κ2) is 5.82. The van der Waals surface area contributed by atoms with Crippen LogP contribution in [0, 0.1) is 9.49 Å². The highest BCUT2D eigenvalue weighted by molar-refractivity contribution is 14.1. The van der Waals surface area contributed by atoms with Crippen molar-refractivity contribution in [3.05, 3.63) is 33.4 Å². The minimum Gasteiger partial charge on any atom is -0.278 e. The number of rotatable bonds is 3. The quantitative estimate of drug-likeness (QED) is 0.616. The lowest BCUT2D eigenvalue weighted by Gasteiger charge is -2.15. The number of hydrogen-bond donors (Lipinski definition) is 0. The first-order chi connectivity index (χ1) is 8.63. The summed E-state index contributed by atoms with van der Waals surface area (Å²) in [6.07, 6.45) is 2.59. The van der Waals surface area contributed by atoms with Gasteiger partial charge < -0.3 is 0 Å². The van der Waals surface area contributed by atoms with Gasteiger partial charge in [0.15, 0.2) is 0 Å². The molecule has 2 amide bonds. The van der Waals surface area contributed by atoms with Crippen LogP contribution >= 0.6 is 22.6 Å². The zero-order valence-corrected chi connectivity index (χ0v) is 12.5. The Hall–Kier alpha value is -0.910. The molecule has 1 aromatic carbocycles. The van der Waals surface area contributed by atoms with Crippen molar-refractivity contribution in [2.75, 3.05) is 6.54 Å². The number of amides is 2. The van der Waals surface area contributed by atoms with Crippen LogP contribution < -0.4 is 0 Å². The molecule has 0 spiro atoms. The number of halogens is 1. The van der Waals surface area contributed by atoms with E-state index in [1.54, 1.807) is 6.07 Å². The van der Waals surface area contributed by atoms with Gasteiger partial charge in [0, 0.05) is 16.5 Å². The third-order valence-corrected chi connectivity index (χ3v) is 4.19. The third kappa shape index (κ3) is 2.74. The van der Waals surface area contributed by atoms with Gasteiger partial charge in [-0.1, -0.05) is 25.5 Å². The lowest BCUT2D eigenvalue weighted by molar-refractivity contribution is -0.125. The Kier molecular flexibility index (Phi) is 4.37. The Bertz CT molecular complexity index is 473. The van der Waals surface area contributed by atoms with E-state index >= 15 is 0 Å². The molecule has 4 heteroatoms. The molecule has 1 aromatic rings. The fourth-order valence-corrected chi connectivity index (χ4v) is 2.98. The van der Waals surface area contributed by atoms with Gasteiger partial charge in [-0.25, -0.2) is 0 Å². The lowest BCUT2D eigenvalue weighted by Crippen LogP contribution is -2.32. The summed E-state index contributed by atoms with van der Waals surface area (Å²) in [5, 5.41) is 0. The SMILES string of the molecule is CCCC1CC(=O)N(C(=O)c2ccccc2I)C1. The summed E-state index contributed by atoms with van der Waals surface area (Å²) in [5.74, 6) is 0.162. The molecular weight excluding hydrogens is 341 g/mol. The first-order valence-corrected chi connectivity index (χ1v) is 7.30. The van der Waals surface area contributed by atoms with E-state index in [4.69, 9.17) is 0 Å². The first kappa shape index (κ1) is 13.5. The maximum absolute atomic E-state index is 12.3. The molecule has 0 aliphatic carbocycles. The van der Waals surface area contributed by atoms with E-state index in [1.165, 1.54) is 4.90 Å². The summed E-state index contributed by atoms with van der Waals surface area (Å²) in [6.45, 7) is 2.69. The first-order valence-electron chi connectivity index (χ1n) is 6.22. The zero-order chi connectivity index (χ0) is 13.1. The summed E-state index contributed by atoms with van der Waals surface area (Å²) in [5.41, 5.74) is 0.628. The smallest absolute Gasteiger partial charge is 0.261 e. The van der Waals surface area contributed by atoms with Gasteiger partial charge in [-0.3, -0.25) is 14.5 Å². The van der Waals surface area contributed by atoms with E-state index in [9.17, 15) is 9.59 Å². The van der Waals surface area contributed by atoms with Crippen LogP contribution in [0.4, 0.5) is 0 Å². The van der Waals surface area contributed by atoms with Crippen molar-refractivity contribution < 1.29 is 9.59 Å². The molecule has 18 heavy (non-hydrogen) atoms. The minimum atomic E-state index is -0.149. The number of carbonyl (C=O) groups is 2. The van der Waals surface area contributed by atoms with Gasteiger partial charge in [0.05, 0.1) is 5.56 Å². The van der Waals surface area contributed by atoms with Crippen molar-refractivity contribution in [1.82, 2.24) is 4.90 Å². The molecule has 1 saturated heterocycles. The van der Waals surface area contributed by atoms with Gasteiger partial charge in [0.25, 0.3) is 5.91 Å². The Morgan fingerprint density at radius 2 is 2.17 bits per heavy atom. The molecule has 1 unspecified atom stereocenters. The van der Waals surface area contributed by atoms with E-state index in [-0.39, 0.29) is 11.8 Å². The number of nitrogens with zero attached hydrogens (tertiary/aromatic N) is 1. The Labute approximate surface area is 121 Å². The average molecular weight is 357 g/mol. The van der Waals surface area contributed by atoms with E-state index in [1.807, 2.05) is 18.2 Å². The molecule has 2 rings (SSSR count). The fourth-order valence-electron chi connectivity index (χ4n) is 2.36. The molecule has 1 fully saturated rings. The van der Waals surface area contributed by atoms with Gasteiger partial charge in [-0.15, -0.1) is 0 Å². The average Bonchev–Trinajstić information content (AvgIpc) is 2.71. The van der Waals surface area contributed by atoms with Gasteiger partial charge in [-0.2, -0.15) is 0 Å². The van der Waals surface area contributed by atoms with Gasteiger partial charge in [-0.05, 0) is 47.1 Å². The van der Waals surface area contributed by atoms with Crippen LogP contribution in [-0.4, -0.2) is 23.3 Å². The van der Waals surface area contributed by atoms with E-state index < -0.39 is 0 Å². The highest BCUT2D eigenvalue weighted by Crippen LogP contribution is 2.25. The van der Waals surface area contributed by atoms with Crippen molar-refractivity contribution in [2.45, 2.75) is 26.2 Å². The predicted octanol–water partition coefficient (Wildman–Crippen LogP) is 3.08. The summed E-state index contributed by atoms with van der Waals surface area (Å²) in [7, 11) is 0. The van der Waals surface area contributed by atoms with E-state index in [0.717, 1.165) is 16.4 Å². The number of benzene rings is 1. The van der Waals surface area contributed by atoms with Crippen LogP contribution in [0.25, 0.3) is 0 Å². The molecule has 3 nitrogen and oxygen atoms in total. The minimum absolute atomic E-state index is 0.0295. The molecule has 96 valence electrons. The molecule has 0 bridgehead atoms. The lowest BCUT2D eigenvalue weighted by atomic mass is 10.0. The number of likely N-dealkylation sites (tertiary alicyclic amines) is 1.